The number of nitrogens with zero attached hydrogens (tertiary/aromatic N) is 1. The monoisotopic (exact) mass is 377 g/mol. The van der Waals surface area contributed by atoms with Crippen LogP contribution in [0.4, 0.5) is 10.5 Å². The standard InChI is InChI=1S/C23H27N3O2/c1-15-10-11-20(16(2)12-15)25-23(27)24-14-19-13-17(3)26(18(19)4)21-8-6-7-9-22(21)28-5/h6-13H,14H2,1-5H3,(H2,24,25,27). The fourth-order valence-electron chi connectivity index (χ4n) is 3.49. The number of para-hydroxylation sites is 2. The number of ether oxygens (including phenoxy) is 1. The summed E-state index contributed by atoms with van der Waals surface area (Å²) >= 11 is 0. The molecule has 0 saturated heterocycles. The van der Waals surface area contributed by atoms with E-state index in [0.717, 1.165) is 39.6 Å². The quantitative estimate of drug-likeness (QED) is 0.654. The number of carbonyl (C=O) groups is 1. The van der Waals surface area contributed by atoms with E-state index in [-0.39, 0.29) is 6.03 Å². The number of rotatable bonds is 5. The van der Waals surface area contributed by atoms with Crippen molar-refractivity contribution in [1.82, 2.24) is 9.88 Å². The van der Waals surface area contributed by atoms with Crippen LogP contribution >= 0.6 is 0 Å². The van der Waals surface area contributed by atoms with Crippen molar-refractivity contribution < 1.29 is 9.53 Å². The Labute approximate surface area is 166 Å². The van der Waals surface area contributed by atoms with E-state index in [9.17, 15) is 4.79 Å². The lowest BCUT2D eigenvalue weighted by Crippen LogP contribution is -2.28. The second kappa shape index (κ2) is 8.21. The SMILES string of the molecule is COc1ccccc1-n1c(C)cc(CNC(=O)Nc2ccc(C)cc2C)c1C. The molecule has 5 heteroatoms. The molecule has 0 aliphatic heterocycles. The molecular weight excluding hydrogens is 350 g/mol. The van der Waals surface area contributed by atoms with Gasteiger partial charge in [0.25, 0.3) is 0 Å². The number of urea groups is 1. The minimum absolute atomic E-state index is 0.214. The highest BCUT2D eigenvalue weighted by atomic mass is 16.5. The number of benzene rings is 2. The van der Waals surface area contributed by atoms with Crippen LogP contribution < -0.4 is 15.4 Å². The molecule has 0 saturated carbocycles. The van der Waals surface area contributed by atoms with Crippen molar-refractivity contribution in [3.63, 3.8) is 0 Å². The van der Waals surface area contributed by atoms with Crippen LogP contribution in [0.5, 0.6) is 5.75 Å². The maximum atomic E-state index is 12.3. The Kier molecular flexibility index (Phi) is 5.73. The molecule has 3 rings (SSSR count). The van der Waals surface area contributed by atoms with Crippen LogP contribution in [0.15, 0.2) is 48.5 Å². The first-order valence-electron chi connectivity index (χ1n) is 9.34. The van der Waals surface area contributed by atoms with Crippen molar-refractivity contribution in [2.45, 2.75) is 34.2 Å². The average Bonchev–Trinajstić information content (AvgIpc) is 2.95. The van der Waals surface area contributed by atoms with Gasteiger partial charge in [-0.15, -0.1) is 0 Å². The molecule has 146 valence electrons. The number of hydrogen-bond acceptors (Lipinski definition) is 2. The summed E-state index contributed by atoms with van der Waals surface area (Å²) in [6.07, 6.45) is 0. The van der Waals surface area contributed by atoms with Gasteiger partial charge in [0.1, 0.15) is 5.75 Å². The van der Waals surface area contributed by atoms with Gasteiger partial charge in [-0.25, -0.2) is 4.79 Å². The Morgan fingerprint density at radius 1 is 1.04 bits per heavy atom. The van der Waals surface area contributed by atoms with Gasteiger partial charge in [-0.2, -0.15) is 0 Å². The van der Waals surface area contributed by atoms with Crippen molar-refractivity contribution in [3.05, 3.63) is 76.6 Å². The number of carbonyl (C=O) groups excluding carboxylic acids is 1. The van der Waals surface area contributed by atoms with E-state index >= 15 is 0 Å². The largest absolute Gasteiger partial charge is 0.495 e. The summed E-state index contributed by atoms with van der Waals surface area (Å²) in [5.74, 6) is 0.816. The van der Waals surface area contributed by atoms with E-state index in [1.165, 1.54) is 5.56 Å². The maximum Gasteiger partial charge on any atom is 0.319 e. The summed E-state index contributed by atoms with van der Waals surface area (Å²) in [6.45, 7) is 8.58. The van der Waals surface area contributed by atoms with E-state index < -0.39 is 0 Å². The van der Waals surface area contributed by atoms with Crippen LogP contribution in [0, 0.1) is 27.7 Å². The van der Waals surface area contributed by atoms with Crippen LogP contribution in [0.3, 0.4) is 0 Å². The van der Waals surface area contributed by atoms with Gasteiger partial charge >= 0.3 is 6.03 Å². The zero-order valence-corrected chi connectivity index (χ0v) is 17.1. The second-order valence-corrected chi connectivity index (χ2v) is 7.03. The van der Waals surface area contributed by atoms with Crippen molar-refractivity contribution in [1.29, 1.82) is 0 Å². The number of methoxy groups -OCH3 is 1. The van der Waals surface area contributed by atoms with E-state index in [0.29, 0.717) is 6.54 Å². The van der Waals surface area contributed by atoms with Crippen molar-refractivity contribution >= 4 is 11.7 Å². The molecule has 0 atom stereocenters. The number of amides is 2. The average molecular weight is 377 g/mol. The Balaban J connectivity index is 1.74. The van der Waals surface area contributed by atoms with E-state index in [2.05, 4.69) is 41.2 Å². The second-order valence-electron chi connectivity index (χ2n) is 7.03. The summed E-state index contributed by atoms with van der Waals surface area (Å²) in [7, 11) is 1.67. The van der Waals surface area contributed by atoms with Gasteiger partial charge in [-0.1, -0.05) is 29.8 Å². The third-order valence-electron chi connectivity index (χ3n) is 4.93. The topological polar surface area (TPSA) is 55.3 Å². The molecule has 3 aromatic rings. The van der Waals surface area contributed by atoms with Gasteiger partial charge in [-0.05, 0) is 63.1 Å². The number of hydrogen-bond donors (Lipinski definition) is 2. The number of anilines is 1. The molecule has 0 unspecified atom stereocenters. The van der Waals surface area contributed by atoms with E-state index in [1.54, 1.807) is 7.11 Å². The van der Waals surface area contributed by atoms with Gasteiger partial charge < -0.3 is 19.9 Å². The summed E-state index contributed by atoms with van der Waals surface area (Å²) in [4.78, 5) is 12.3. The highest BCUT2D eigenvalue weighted by Crippen LogP contribution is 2.27. The molecule has 1 heterocycles. The molecular formula is C23H27N3O2. The van der Waals surface area contributed by atoms with E-state index in [4.69, 9.17) is 4.74 Å². The molecule has 0 aliphatic carbocycles. The molecule has 0 aliphatic rings. The molecule has 5 nitrogen and oxygen atoms in total. The third kappa shape index (κ3) is 4.03. The van der Waals surface area contributed by atoms with Crippen LogP contribution in [0.25, 0.3) is 5.69 Å². The summed E-state index contributed by atoms with van der Waals surface area (Å²) in [5.41, 5.74) is 7.27. The van der Waals surface area contributed by atoms with Gasteiger partial charge in [-0.3, -0.25) is 0 Å². The van der Waals surface area contributed by atoms with Gasteiger partial charge in [0.05, 0.1) is 12.8 Å². The molecule has 0 radical (unpaired) electrons. The first-order chi connectivity index (χ1) is 13.4. The lowest BCUT2D eigenvalue weighted by molar-refractivity contribution is 0.251. The number of aryl methyl sites for hydroxylation is 3. The number of aromatic nitrogens is 1. The Morgan fingerprint density at radius 2 is 1.79 bits per heavy atom. The van der Waals surface area contributed by atoms with E-state index in [1.807, 2.05) is 50.2 Å². The lowest BCUT2D eigenvalue weighted by atomic mass is 10.1. The zero-order valence-electron chi connectivity index (χ0n) is 17.1. The first-order valence-corrected chi connectivity index (χ1v) is 9.34. The minimum atomic E-state index is -0.214. The molecule has 0 spiro atoms. The Bertz CT molecular complexity index is 1010. The Morgan fingerprint density at radius 3 is 2.50 bits per heavy atom. The Hall–Kier alpha value is -3.21. The van der Waals surface area contributed by atoms with Gasteiger partial charge in [0.15, 0.2) is 0 Å². The predicted molar refractivity (Wildman–Crippen MR) is 114 cm³/mol. The third-order valence-corrected chi connectivity index (χ3v) is 4.93. The highest BCUT2D eigenvalue weighted by Gasteiger charge is 2.14. The molecule has 1 aromatic heterocycles. The number of nitrogens with one attached hydrogen (secondary N) is 2. The molecule has 0 fully saturated rings. The molecule has 0 bridgehead atoms. The van der Waals surface area contributed by atoms with Crippen LogP contribution in [0.2, 0.25) is 0 Å². The normalized spacial score (nSPS) is 10.6. The maximum absolute atomic E-state index is 12.3. The smallest absolute Gasteiger partial charge is 0.319 e. The summed E-state index contributed by atoms with van der Waals surface area (Å²) < 4.78 is 7.65. The molecule has 2 amide bonds. The van der Waals surface area contributed by atoms with Crippen molar-refractivity contribution in [2.75, 3.05) is 12.4 Å². The van der Waals surface area contributed by atoms with Crippen LogP contribution in [-0.2, 0) is 6.54 Å². The van der Waals surface area contributed by atoms with Crippen LogP contribution in [0.1, 0.15) is 28.1 Å². The molecule has 2 N–H and O–H groups in total. The van der Waals surface area contributed by atoms with Crippen molar-refractivity contribution in [3.8, 4) is 11.4 Å². The summed E-state index contributed by atoms with van der Waals surface area (Å²) in [6, 6.07) is 15.8. The highest BCUT2D eigenvalue weighted by molar-refractivity contribution is 5.90. The zero-order chi connectivity index (χ0) is 20.3. The lowest BCUT2D eigenvalue weighted by Gasteiger charge is -2.14. The molecule has 2 aromatic carbocycles. The van der Waals surface area contributed by atoms with Gasteiger partial charge in [0.2, 0.25) is 0 Å². The minimum Gasteiger partial charge on any atom is -0.495 e. The fraction of sp³-hybridized carbons (Fsp3) is 0.261. The van der Waals surface area contributed by atoms with Crippen LogP contribution in [-0.4, -0.2) is 17.7 Å². The predicted octanol–water partition coefficient (Wildman–Crippen LogP) is 5.04. The molecule has 28 heavy (non-hydrogen) atoms. The van der Waals surface area contributed by atoms with Gasteiger partial charge in [0, 0.05) is 23.6 Å². The summed E-state index contributed by atoms with van der Waals surface area (Å²) in [5, 5.41) is 5.88. The first kappa shape index (κ1) is 19.5. The van der Waals surface area contributed by atoms with Crippen molar-refractivity contribution in [2.24, 2.45) is 0 Å². The fourth-order valence-corrected chi connectivity index (χ4v) is 3.49.